The molecule has 0 radical (unpaired) electrons. The Labute approximate surface area is 86.1 Å². The van der Waals surface area contributed by atoms with Crippen LogP contribution in [0.2, 0.25) is 0 Å². The van der Waals surface area contributed by atoms with Crippen molar-refractivity contribution in [1.29, 1.82) is 0 Å². The van der Waals surface area contributed by atoms with Crippen LogP contribution in [0.25, 0.3) is 0 Å². The van der Waals surface area contributed by atoms with E-state index in [2.05, 4.69) is 51.1 Å². The quantitative estimate of drug-likeness (QED) is 0.660. The Morgan fingerprint density at radius 1 is 1.21 bits per heavy atom. The first-order chi connectivity index (χ1) is 6.61. The molecule has 0 bridgehead atoms. The highest BCUT2D eigenvalue weighted by Crippen LogP contribution is 2.44. The van der Waals surface area contributed by atoms with Gasteiger partial charge in [-0.15, -0.1) is 0 Å². The van der Waals surface area contributed by atoms with Gasteiger partial charge in [-0.2, -0.15) is 0 Å². The molecule has 1 nitrogen and oxygen atoms in total. The van der Waals surface area contributed by atoms with Crippen molar-refractivity contribution >= 4 is 0 Å². The molecule has 1 aromatic rings. The second kappa shape index (κ2) is 3.39. The smallest absolute Gasteiger partial charge is 0.0621 e. The Kier molecular flexibility index (Phi) is 2.36. The first-order valence-electron chi connectivity index (χ1n) is 5.28. The fourth-order valence-corrected chi connectivity index (χ4v) is 2.55. The van der Waals surface area contributed by atoms with Crippen LogP contribution in [0.5, 0.6) is 0 Å². The fraction of sp³-hybridized carbons (Fsp3) is 0.538. The van der Waals surface area contributed by atoms with Gasteiger partial charge in [0.2, 0.25) is 0 Å². The zero-order valence-electron chi connectivity index (χ0n) is 9.16. The van der Waals surface area contributed by atoms with Crippen LogP contribution in [0.15, 0.2) is 30.3 Å². The van der Waals surface area contributed by atoms with E-state index in [4.69, 9.17) is 4.74 Å². The van der Waals surface area contributed by atoms with E-state index in [9.17, 15) is 0 Å². The van der Waals surface area contributed by atoms with Gasteiger partial charge in [0.05, 0.1) is 12.7 Å². The summed E-state index contributed by atoms with van der Waals surface area (Å²) in [5, 5.41) is 0. The summed E-state index contributed by atoms with van der Waals surface area (Å²) in [7, 11) is 0. The molecule has 2 atom stereocenters. The Balaban J connectivity index is 2.33. The monoisotopic (exact) mass is 190 g/mol. The van der Waals surface area contributed by atoms with Crippen molar-refractivity contribution < 1.29 is 4.74 Å². The lowest BCUT2D eigenvalue weighted by Crippen LogP contribution is -2.22. The third-order valence-electron chi connectivity index (χ3n) is 3.19. The molecule has 2 unspecified atom stereocenters. The SMILES string of the molecule is CC1OCC(C)(C)C1c1ccccc1. The molecular formula is C13H18O. The number of rotatable bonds is 1. The van der Waals surface area contributed by atoms with Crippen LogP contribution in [-0.2, 0) is 4.74 Å². The number of ether oxygens (including phenoxy) is 1. The first-order valence-corrected chi connectivity index (χ1v) is 5.28. The van der Waals surface area contributed by atoms with Gasteiger partial charge in [0.1, 0.15) is 0 Å². The van der Waals surface area contributed by atoms with Gasteiger partial charge in [0.15, 0.2) is 0 Å². The van der Waals surface area contributed by atoms with Crippen LogP contribution in [0.4, 0.5) is 0 Å². The lowest BCUT2D eigenvalue weighted by Gasteiger charge is -2.27. The molecule has 0 aliphatic carbocycles. The minimum absolute atomic E-state index is 0.265. The maximum Gasteiger partial charge on any atom is 0.0621 e. The van der Waals surface area contributed by atoms with Crippen LogP contribution in [-0.4, -0.2) is 12.7 Å². The van der Waals surface area contributed by atoms with E-state index in [-0.39, 0.29) is 5.41 Å². The Bertz CT molecular complexity index is 302. The molecule has 0 saturated carbocycles. The molecule has 1 saturated heterocycles. The van der Waals surface area contributed by atoms with Crippen molar-refractivity contribution in [2.24, 2.45) is 5.41 Å². The summed E-state index contributed by atoms with van der Waals surface area (Å²) in [4.78, 5) is 0. The van der Waals surface area contributed by atoms with Gasteiger partial charge in [-0.3, -0.25) is 0 Å². The Morgan fingerprint density at radius 2 is 1.86 bits per heavy atom. The summed E-state index contributed by atoms with van der Waals surface area (Å²) in [5.41, 5.74) is 1.67. The zero-order valence-corrected chi connectivity index (χ0v) is 9.16. The third-order valence-corrected chi connectivity index (χ3v) is 3.19. The molecule has 14 heavy (non-hydrogen) atoms. The van der Waals surface area contributed by atoms with E-state index in [1.54, 1.807) is 0 Å². The van der Waals surface area contributed by atoms with Crippen molar-refractivity contribution in [3.8, 4) is 0 Å². The summed E-state index contributed by atoms with van der Waals surface area (Å²) in [5.74, 6) is 0.531. The van der Waals surface area contributed by atoms with Gasteiger partial charge in [-0.1, -0.05) is 44.2 Å². The van der Waals surface area contributed by atoms with Crippen LogP contribution in [0, 0.1) is 5.41 Å². The van der Waals surface area contributed by atoms with Crippen molar-refractivity contribution in [2.45, 2.75) is 32.8 Å². The highest BCUT2D eigenvalue weighted by Gasteiger charge is 2.41. The summed E-state index contributed by atoms with van der Waals surface area (Å²) >= 11 is 0. The highest BCUT2D eigenvalue weighted by atomic mass is 16.5. The van der Waals surface area contributed by atoms with Gasteiger partial charge in [-0.25, -0.2) is 0 Å². The van der Waals surface area contributed by atoms with Crippen LogP contribution in [0.3, 0.4) is 0 Å². The van der Waals surface area contributed by atoms with E-state index in [0.29, 0.717) is 12.0 Å². The van der Waals surface area contributed by atoms with Crippen LogP contribution in [0.1, 0.15) is 32.3 Å². The standard InChI is InChI=1S/C13H18O/c1-10-12(13(2,3)9-14-10)11-7-5-4-6-8-11/h4-8,10,12H,9H2,1-3H3. The molecule has 0 aromatic heterocycles. The number of hydrogen-bond donors (Lipinski definition) is 0. The van der Waals surface area contributed by atoms with Crippen molar-refractivity contribution in [2.75, 3.05) is 6.61 Å². The Morgan fingerprint density at radius 3 is 2.36 bits per heavy atom. The van der Waals surface area contributed by atoms with Crippen molar-refractivity contribution in [3.63, 3.8) is 0 Å². The first kappa shape index (κ1) is 9.72. The number of benzene rings is 1. The third kappa shape index (κ3) is 1.57. The average Bonchev–Trinajstić information content (AvgIpc) is 2.42. The molecule has 1 fully saturated rings. The molecule has 1 aromatic carbocycles. The zero-order chi connectivity index (χ0) is 10.2. The minimum Gasteiger partial charge on any atom is -0.377 e. The lowest BCUT2D eigenvalue weighted by atomic mass is 9.75. The molecule has 1 aliphatic rings. The minimum atomic E-state index is 0.265. The van der Waals surface area contributed by atoms with Crippen molar-refractivity contribution in [1.82, 2.24) is 0 Å². The van der Waals surface area contributed by atoms with Gasteiger partial charge in [0, 0.05) is 5.92 Å². The fourth-order valence-electron chi connectivity index (χ4n) is 2.55. The predicted octanol–water partition coefficient (Wildman–Crippen LogP) is 3.22. The summed E-state index contributed by atoms with van der Waals surface area (Å²) in [6.07, 6.45) is 0.340. The van der Waals surface area contributed by atoms with E-state index < -0.39 is 0 Å². The molecule has 1 aliphatic heterocycles. The largest absolute Gasteiger partial charge is 0.377 e. The second-order valence-corrected chi connectivity index (χ2v) is 4.89. The van der Waals surface area contributed by atoms with E-state index >= 15 is 0 Å². The van der Waals surface area contributed by atoms with Crippen LogP contribution < -0.4 is 0 Å². The molecule has 1 heteroatoms. The summed E-state index contributed by atoms with van der Waals surface area (Å²) in [6, 6.07) is 10.7. The second-order valence-electron chi connectivity index (χ2n) is 4.89. The van der Waals surface area contributed by atoms with Crippen molar-refractivity contribution in [3.05, 3.63) is 35.9 Å². The number of hydrogen-bond acceptors (Lipinski definition) is 1. The molecule has 1 heterocycles. The average molecular weight is 190 g/mol. The summed E-state index contributed by atoms with van der Waals surface area (Å²) < 4.78 is 5.74. The molecule has 2 rings (SSSR count). The maximum absolute atomic E-state index is 5.74. The molecule has 0 N–H and O–H groups in total. The van der Waals surface area contributed by atoms with Gasteiger partial charge < -0.3 is 4.74 Å². The van der Waals surface area contributed by atoms with Gasteiger partial charge in [-0.05, 0) is 17.9 Å². The molecular weight excluding hydrogens is 172 g/mol. The van der Waals surface area contributed by atoms with Gasteiger partial charge >= 0.3 is 0 Å². The van der Waals surface area contributed by atoms with E-state index in [1.165, 1.54) is 5.56 Å². The van der Waals surface area contributed by atoms with Gasteiger partial charge in [0.25, 0.3) is 0 Å². The normalized spacial score (nSPS) is 30.5. The molecule has 0 amide bonds. The molecule has 0 spiro atoms. The predicted molar refractivity (Wildman–Crippen MR) is 58.4 cm³/mol. The lowest BCUT2D eigenvalue weighted by molar-refractivity contribution is 0.109. The van der Waals surface area contributed by atoms with Crippen LogP contribution >= 0.6 is 0 Å². The maximum atomic E-state index is 5.74. The topological polar surface area (TPSA) is 9.23 Å². The molecule has 76 valence electrons. The summed E-state index contributed by atoms with van der Waals surface area (Å²) in [6.45, 7) is 7.61. The van der Waals surface area contributed by atoms with E-state index in [0.717, 1.165) is 6.61 Å². The van der Waals surface area contributed by atoms with E-state index in [1.807, 2.05) is 0 Å². The Hall–Kier alpha value is -0.820. The highest BCUT2D eigenvalue weighted by molar-refractivity contribution is 5.24.